The number of imide groups is 1. The monoisotopic (exact) mass is 688 g/mol. The number of benzene rings is 1. The van der Waals surface area contributed by atoms with Crippen molar-refractivity contribution in [2.24, 2.45) is 39.9 Å². The Kier molecular flexibility index (Phi) is 9.37. The molecule has 1 aliphatic heterocycles. The van der Waals surface area contributed by atoms with Crippen LogP contribution in [0.2, 0.25) is 13.1 Å². The fraction of sp³-hybridized carbons (Fsp3) is 0.707. The Labute approximate surface area is 295 Å². The van der Waals surface area contributed by atoms with Gasteiger partial charge >= 0.3 is 0 Å². The van der Waals surface area contributed by atoms with E-state index in [2.05, 4.69) is 53.8 Å². The summed E-state index contributed by atoms with van der Waals surface area (Å²) in [5.41, 5.74) is 2.03. The minimum Gasteiger partial charge on any atom is -0.472 e. The summed E-state index contributed by atoms with van der Waals surface area (Å²) in [7, 11) is -0.844. The summed E-state index contributed by atoms with van der Waals surface area (Å²) in [6.45, 7) is 16.9. The van der Waals surface area contributed by atoms with Gasteiger partial charge in [0.2, 0.25) is 9.04 Å². The Morgan fingerprint density at radius 3 is 2.31 bits per heavy atom. The van der Waals surface area contributed by atoms with Gasteiger partial charge in [-0.3, -0.25) is 14.5 Å². The van der Waals surface area contributed by atoms with Gasteiger partial charge in [-0.15, -0.1) is 0 Å². The Bertz CT molecular complexity index is 1480. The molecule has 2 aromatic rings. The van der Waals surface area contributed by atoms with Gasteiger partial charge in [-0.1, -0.05) is 46.8 Å². The maximum Gasteiger partial charge on any atom is 0.261 e. The van der Waals surface area contributed by atoms with Gasteiger partial charge in [0.15, 0.2) is 0 Å². The quantitative estimate of drug-likeness (QED) is 0.141. The smallest absolute Gasteiger partial charge is 0.261 e. The molecule has 1 unspecified atom stereocenters. The average molecular weight is 689 g/mol. The molecule has 4 saturated carbocycles. The molecule has 1 aromatic heterocycles. The van der Waals surface area contributed by atoms with Gasteiger partial charge in [0.1, 0.15) is 11.9 Å². The maximum absolute atomic E-state index is 13.1. The van der Waals surface area contributed by atoms with Gasteiger partial charge in [-0.2, -0.15) is 0 Å². The average Bonchev–Trinajstić information content (AvgIpc) is 3.74. The van der Waals surface area contributed by atoms with E-state index in [0.29, 0.717) is 46.8 Å². The summed E-state index contributed by atoms with van der Waals surface area (Å²) in [6, 6.07) is 9.19. The van der Waals surface area contributed by atoms with Crippen molar-refractivity contribution in [3.8, 4) is 0 Å². The number of furan rings is 1. The summed E-state index contributed by atoms with van der Waals surface area (Å²) < 4.78 is 25.9. The van der Waals surface area contributed by atoms with Crippen LogP contribution in [0.3, 0.4) is 0 Å². The predicted molar refractivity (Wildman–Crippen MR) is 191 cm³/mol. The molecule has 2 amide bonds. The van der Waals surface area contributed by atoms with Crippen LogP contribution >= 0.6 is 0 Å². The molecule has 7 nitrogen and oxygen atoms in total. The van der Waals surface area contributed by atoms with E-state index in [1.807, 2.05) is 18.4 Å². The van der Waals surface area contributed by atoms with E-state index in [4.69, 9.17) is 18.3 Å². The van der Waals surface area contributed by atoms with Crippen molar-refractivity contribution < 1.29 is 27.9 Å². The van der Waals surface area contributed by atoms with E-state index in [1.54, 1.807) is 18.4 Å². The van der Waals surface area contributed by atoms with Crippen LogP contribution in [0.25, 0.3) is 0 Å². The normalized spacial score (nSPS) is 36.4. The molecule has 1 radical (unpaired) electrons. The number of nitrogens with zero attached hydrogens (tertiary/aromatic N) is 1. The zero-order valence-corrected chi connectivity index (χ0v) is 31.9. The maximum atomic E-state index is 13.1. The SMILES string of the molecule is C[Si](C)OC(CC(C)(C)C)O[C@H]1CC[C@@]2(C)[C@H](CC[C@@H]3[C@@H]2CC[C@@]2(C)[C@H]3CC[C@@]2(OCCN2C(=O)c3ccccc3C2=O)c2ccoc2)C1. The highest BCUT2D eigenvalue weighted by atomic mass is 28.3. The molecule has 9 atom stereocenters. The largest absolute Gasteiger partial charge is 0.472 e. The number of rotatable bonds is 10. The lowest BCUT2D eigenvalue weighted by Crippen LogP contribution is -2.57. The summed E-state index contributed by atoms with van der Waals surface area (Å²) in [5.74, 6) is 2.20. The van der Waals surface area contributed by atoms with Crippen LogP contribution in [-0.2, 0) is 19.5 Å². The van der Waals surface area contributed by atoms with Gasteiger partial charge in [0.05, 0.1) is 42.9 Å². The number of hydrogen-bond donors (Lipinski definition) is 0. The highest BCUT2D eigenvalue weighted by Gasteiger charge is 2.66. The van der Waals surface area contributed by atoms with Crippen molar-refractivity contribution in [2.45, 2.75) is 130 Å². The zero-order chi connectivity index (χ0) is 34.8. The fourth-order valence-corrected chi connectivity index (χ4v) is 12.1. The van der Waals surface area contributed by atoms with Crippen molar-refractivity contribution in [3.05, 3.63) is 59.5 Å². The van der Waals surface area contributed by atoms with Crippen molar-refractivity contribution in [1.29, 1.82) is 0 Å². The van der Waals surface area contributed by atoms with Gasteiger partial charge in [0.25, 0.3) is 11.8 Å². The van der Waals surface area contributed by atoms with E-state index in [9.17, 15) is 9.59 Å². The first-order valence-corrected chi connectivity index (χ1v) is 21.4. The third-order valence-corrected chi connectivity index (χ3v) is 14.5. The topological polar surface area (TPSA) is 78.2 Å². The van der Waals surface area contributed by atoms with Gasteiger partial charge in [-0.05, 0) is 124 Å². The molecule has 1 aromatic carbocycles. The molecule has 267 valence electrons. The summed E-state index contributed by atoms with van der Waals surface area (Å²) in [5, 5.41) is 0. The molecule has 0 N–H and O–H groups in total. The van der Waals surface area contributed by atoms with E-state index in [1.165, 1.54) is 30.6 Å². The minimum atomic E-state index is -0.844. The molecule has 0 saturated heterocycles. The molecule has 5 aliphatic rings. The van der Waals surface area contributed by atoms with E-state index >= 15 is 0 Å². The number of fused-ring (bicyclic) bond motifs is 6. The molecule has 0 spiro atoms. The van der Waals surface area contributed by atoms with Crippen molar-refractivity contribution in [2.75, 3.05) is 13.2 Å². The van der Waals surface area contributed by atoms with Crippen molar-refractivity contribution in [1.82, 2.24) is 4.90 Å². The first-order chi connectivity index (χ1) is 23.3. The van der Waals surface area contributed by atoms with Crippen LogP contribution in [-0.4, -0.2) is 51.3 Å². The Morgan fingerprint density at radius 1 is 0.939 bits per heavy atom. The van der Waals surface area contributed by atoms with Crippen LogP contribution in [0, 0.1) is 39.9 Å². The lowest BCUT2D eigenvalue weighted by atomic mass is 9.44. The molecule has 0 bridgehead atoms. The van der Waals surface area contributed by atoms with Gasteiger partial charge in [0, 0.05) is 17.4 Å². The molecule has 49 heavy (non-hydrogen) atoms. The first kappa shape index (κ1) is 35.2. The zero-order valence-electron chi connectivity index (χ0n) is 30.9. The van der Waals surface area contributed by atoms with Gasteiger partial charge in [-0.25, -0.2) is 0 Å². The van der Waals surface area contributed by atoms with E-state index in [-0.39, 0.29) is 41.6 Å². The third kappa shape index (κ3) is 6.10. The highest BCUT2D eigenvalue weighted by Crippen LogP contribution is 2.71. The molecule has 8 heteroatoms. The highest BCUT2D eigenvalue weighted by molar-refractivity contribution is 6.48. The van der Waals surface area contributed by atoms with Crippen LogP contribution in [0.15, 0.2) is 47.3 Å². The Morgan fingerprint density at radius 2 is 1.65 bits per heavy atom. The molecule has 2 heterocycles. The Balaban J connectivity index is 1.05. The second kappa shape index (κ2) is 13.1. The molecular weight excluding hydrogens is 631 g/mol. The minimum absolute atomic E-state index is 0.0548. The fourth-order valence-electron chi connectivity index (χ4n) is 11.5. The van der Waals surface area contributed by atoms with E-state index in [0.717, 1.165) is 44.1 Å². The standard InChI is InChI=1S/C41H58NO6Si/c1-38(2,3)25-35(48-49(6)7)47-29-14-18-39(4)27(24-29)12-13-32-33(39)15-19-40(5)34(32)16-20-41(40,28-17-22-45-26-28)46-23-21-42-36(43)30-10-8-9-11-31(30)37(42)44/h8-11,17,22,26-27,29,32-35H,12-16,18-21,23-25H2,1-7H3/t27-,29+,32-,33+,34+,35?,39+,40+,41-/m1/s1. The summed E-state index contributed by atoms with van der Waals surface area (Å²) in [6.07, 6.45) is 15.2. The number of ether oxygens (including phenoxy) is 2. The van der Waals surface area contributed by atoms with Crippen LogP contribution in [0.1, 0.15) is 125 Å². The van der Waals surface area contributed by atoms with Crippen LogP contribution in [0.5, 0.6) is 0 Å². The lowest BCUT2D eigenvalue weighted by Gasteiger charge is -2.62. The van der Waals surface area contributed by atoms with Gasteiger partial charge < -0.3 is 18.3 Å². The second-order valence-corrected chi connectivity index (χ2v) is 20.0. The lowest BCUT2D eigenvalue weighted by molar-refractivity contribution is -0.197. The van der Waals surface area contributed by atoms with Crippen LogP contribution in [0.4, 0.5) is 0 Å². The Hall–Kier alpha value is -2.26. The predicted octanol–water partition coefficient (Wildman–Crippen LogP) is 9.25. The number of hydrogen-bond acceptors (Lipinski definition) is 6. The first-order valence-electron chi connectivity index (χ1n) is 19.0. The molecule has 4 aliphatic carbocycles. The number of carbonyl (C=O) groups is 2. The number of carbonyl (C=O) groups excluding carboxylic acids is 2. The molecular formula is C41H58NO6Si. The third-order valence-electron chi connectivity index (χ3n) is 13.8. The summed E-state index contributed by atoms with van der Waals surface area (Å²) >= 11 is 0. The summed E-state index contributed by atoms with van der Waals surface area (Å²) in [4.78, 5) is 27.6. The molecule has 4 fully saturated rings. The molecule has 7 rings (SSSR count). The van der Waals surface area contributed by atoms with Crippen molar-refractivity contribution in [3.63, 3.8) is 0 Å². The second-order valence-electron chi connectivity index (χ2n) is 17.9. The van der Waals surface area contributed by atoms with E-state index < -0.39 is 14.6 Å². The number of amides is 2. The van der Waals surface area contributed by atoms with Crippen molar-refractivity contribution >= 4 is 20.9 Å². The van der Waals surface area contributed by atoms with Crippen LogP contribution < -0.4 is 0 Å².